The highest BCUT2D eigenvalue weighted by molar-refractivity contribution is 6.06. The molecule has 0 N–H and O–H groups in total. The van der Waals surface area contributed by atoms with Crippen LogP contribution in [-0.4, -0.2) is 11.9 Å². The smallest absolute Gasteiger partial charge is 0.344 e. The van der Waals surface area contributed by atoms with E-state index < -0.39 is 17.6 Å². The van der Waals surface area contributed by atoms with Gasteiger partial charge < -0.3 is 13.9 Å². The van der Waals surface area contributed by atoms with Crippen LogP contribution in [-0.2, 0) is 9.59 Å². The van der Waals surface area contributed by atoms with Gasteiger partial charge in [-0.25, -0.2) is 14.4 Å². The molecule has 0 aliphatic heterocycles. The van der Waals surface area contributed by atoms with Crippen molar-refractivity contribution in [1.29, 1.82) is 0 Å². The largest absolute Gasteiger partial charge is 0.423 e. The van der Waals surface area contributed by atoms with Gasteiger partial charge in [0.2, 0.25) is 0 Å². The number of esters is 2. The van der Waals surface area contributed by atoms with Gasteiger partial charge in [-0.1, -0.05) is 13.2 Å². The number of rotatable bonds is 4. The van der Waals surface area contributed by atoms with Gasteiger partial charge in [0, 0.05) is 27.5 Å². The molecule has 6 nitrogen and oxygen atoms in total. The summed E-state index contributed by atoms with van der Waals surface area (Å²) in [6.07, 6.45) is 0. The van der Waals surface area contributed by atoms with Crippen molar-refractivity contribution in [3.8, 4) is 11.5 Å². The minimum Gasteiger partial charge on any atom is -0.423 e. The number of carbonyl (C=O) groups excluding carboxylic acids is 2. The van der Waals surface area contributed by atoms with Gasteiger partial charge in [0.1, 0.15) is 17.1 Å². The topological polar surface area (TPSA) is 82.8 Å². The first-order valence-corrected chi connectivity index (χ1v) is 8.44. The lowest BCUT2D eigenvalue weighted by molar-refractivity contribution is -0.130. The first kappa shape index (κ1) is 19.1. The molecule has 0 atom stereocenters. The summed E-state index contributed by atoms with van der Waals surface area (Å²) in [5.41, 5.74) is 0.747. The van der Waals surface area contributed by atoms with Crippen molar-refractivity contribution >= 4 is 33.7 Å². The molecule has 3 rings (SSSR count). The quantitative estimate of drug-likeness (QED) is 0.222. The van der Waals surface area contributed by atoms with Crippen molar-refractivity contribution in [2.45, 2.75) is 20.8 Å². The van der Waals surface area contributed by atoms with E-state index in [9.17, 15) is 14.4 Å². The maximum atomic E-state index is 12.5. The second-order valence-electron chi connectivity index (χ2n) is 6.50. The maximum absolute atomic E-state index is 12.5. The van der Waals surface area contributed by atoms with Gasteiger partial charge in [-0.15, -0.1) is 0 Å². The molecule has 3 aromatic rings. The van der Waals surface area contributed by atoms with Crippen LogP contribution >= 0.6 is 0 Å². The molecule has 0 amide bonds. The van der Waals surface area contributed by atoms with Crippen molar-refractivity contribution in [2.24, 2.45) is 0 Å². The Bertz CT molecular complexity index is 1230. The van der Waals surface area contributed by atoms with Gasteiger partial charge in [-0.05, 0) is 51.1 Å². The molecule has 0 fully saturated rings. The Balaban J connectivity index is 2.14. The Morgan fingerprint density at radius 3 is 2.14 bits per heavy atom. The summed E-state index contributed by atoms with van der Waals surface area (Å²) in [5.74, 6) is -0.634. The van der Waals surface area contributed by atoms with Crippen LogP contribution in [0, 0.1) is 6.92 Å². The summed E-state index contributed by atoms with van der Waals surface area (Å²) in [4.78, 5) is 36.0. The maximum Gasteiger partial charge on any atom is 0.344 e. The van der Waals surface area contributed by atoms with E-state index in [-0.39, 0.29) is 28.0 Å². The average Bonchev–Trinajstić information content (AvgIpc) is 2.64. The molecule has 1 heterocycles. The Kier molecular flexibility index (Phi) is 4.88. The number of carbonyl (C=O) groups is 2. The van der Waals surface area contributed by atoms with E-state index in [0.717, 1.165) is 0 Å². The van der Waals surface area contributed by atoms with Crippen LogP contribution in [0.5, 0.6) is 11.5 Å². The van der Waals surface area contributed by atoms with Gasteiger partial charge in [0.15, 0.2) is 0 Å². The van der Waals surface area contributed by atoms with Crippen molar-refractivity contribution in [3.05, 3.63) is 70.6 Å². The molecule has 1 aromatic heterocycles. The SMILES string of the molecule is C=C(C)C(=O)Oc1ccc2c(c1)c(=O)oc1c(C)c(OC(=O)C(=C)C)ccc12. The van der Waals surface area contributed by atoms with E-state index in [0.29, 0.717) is 21.9 Å². The third kappa shape index (κ3) is 3.44. The van der Waals surface area contributed by atoms with E-state index in [2.05, 4.69) is 13.2 Å². The molecular formula is C22H18O6. The van der Waals surface area contributed by atoms with Gasteiger partial charge in [0.25, 0.3) is 0 Å². The Labute approximate surface area is 160 Å². The molecule has 6 heteroatoms. The zero-order valence-corrected chi connectivity index (χ0v) is 15.8. The minimum atomic E-state index is -0.595. The molecular weight excluding hydrogens is 360 g/mol. The first-order valence-electron chi connectivity index (χ1n) is 8.44. The Morgan fingerprint density at radius 2 is 1.50 bits per heavy atom. The van der Waals surface area contributed by atoms with Crippen LogP contribution in [0.4, 0.5) is 0 Å². The van der Waals surface area contributed by atoms with Gasteiger partial charge in [-0.3, -0.25) is 0 Å². The average molecular weight is 378 g/mol. The van der Waals surface area contributed by atoms with Crippen molar-refractivity contribution in [3.63, 3.8) is 0 Å². The number of aryl methyl sites for hydroxylation is 1. The Hall–Kier alpha value is -3.67. The van der Waals surface area contributed by atoms with Crippen LogP contribution in [0.25, 0.3) is 21.7 Å². The van der Waals surface area contributed by atoms with E-state index in [1.54, 1.807) is 38.1 Å². The fourth-order valence-electron chi connectivity index (χ4n) is 2.65. The highest BCUT2D eigenvalue weighted by Gasteiger charge is 2.16. The van der Waals surface area contributed by atoms with Crippen molar-refractivity contribution in [1.82, 2.24) is 0 Å². The molecule has 2 aromatic carbocycles. The number of ether oxygens (including phenoxy) is 2. The molecule has 0 saturated carbocycles. The normalized spacial score (nSPS) is 10.7. The molecule has 0 bridgehead atoms. The molecule has 0 aliphatic carbocycles. The third-order valence-electron chi connectivity index (χ3n) is 4.16. The van der Waals surface area contributed by atoms with Crippen LogP contribution in [0.3, 0.4) is 0 Å². The van der Waals surface area contributed by atoms with Crippen molar-refractivity contribution < 1.29 is 23.5 Å². The zero-order valence-electron chi connectivity index (χ0n) is 15.8. The predicted octanol–water partition coefficient (Wildman–Crippen LogP) is 4.22. The summed E-state index contributed by atoms with van der Waals surface area (Å²) in [7, 11) is 0. The molecule has 0 unspecified atom stereocenters. The highest BCUT2D eigenvalue weighted by Crippen LogP contribution is 2.32. The zero-order chi connectivity index (χ0) is 20.6. The third-order valence-corrected chi connectivity index (χ3v) is 4.16. The molecule has 142 valence electrons. The summed E-state index contributed by atoms with van der Waals surface area (Å²) in [6.45, 7) is 11.8. The monoisotopic (exact) mass is 378 g/mol. The molecule has 0 radical (unpaired) electrons. The van der Waals surface area contributed by atoms with Crippen LogP contribution in [0.1, 0.15) is 19.4 Å². The Morgan fingerprint density at radius 1 is 0.893 bits per heavy atom. The summed E-state index contributed by atoms with van der Waals surface area (Å²) in [6, 6.07) is 8.05. The molecule has 0 spiro atoms. The van der Waals surface area contributed by atoms with Gasteiger partial charge >= 0.3 is 17.6 Å². The lowest BCUT2D eigenvalue weighted by atomic mass is 10.0. The number of benzene rings is 2. The van der Waals surface area contributed by atoms with Gasteiger partial charge in [-0.2, -0.15) is 0 Å². The predicted molar refractivity (Wildman–Crippen MR) is 106 cm³/mol. The number of hydrogen-bond donors (Lipinski definition) is 0. The fourth-order valence-corrected chi connectivity index (χ4v) is 2.65. The second-order valence-corrected chi connectivity index (χ2v) is 6.50. The first-order chi connectivity index (χ1) is 13.2. The summed E-state index contributed by atoms with van der Waals surface area (Å²) in [5, 5.41) is 1.56. The molecule has 0 aliphatic rings. The standard InChI is InChI=1S/C22H18O6/c1-11(2)20(23)26-14-6-7-15-16-8-9-18(27-21(24)12(3)4)13(5)19(16)28-22(25)17(15)10-14/h6-10H,1,3H2,2,4-5H3. The van der Waals surface area contributed by atoms with E-state index >= 15 is 0 Å². The van der Waals surface area contributed by atoms with E-state index in [1.807, 2.05) is 0 Å². The lowest BCUT2D eigenvalue weighted by Gasteiger charge is -2.11. The van der Waals surface area contributed by atoms with Crippen molar-refractivity contribution in [2.75, 3.05) is 0 Å². The van der Waals surface area contributed by atoms with E-state index in [4.69, 9.17) is 13.9 Å². The van der Waals surface area contributed by atoms with Crippen LogP contribution < -0.4 is 15.1 Å². The van der Waals surface area contributed by atoms with E-state index in [1.165, 1.54) is 13.0 Å². The molecule has 28 heavy (non-hydrogen) atoms. The van der Waals surface area contributed by atoms with Gasteiger partial charge in [0.05, 0.1) is 5.39 Å². The molecule has 0 saturated heterocycles. The summed E-state index contributed by atoms with van der Waals surface area (Å²) >= 11 is 0. The fraction of sp³-hybridized carbons (Fsp3) is 0.136. The summed E-state index contributed by atoms with van der Waals surface area (Å²) < 4.78 is 15.9. The minimum absolute atomic E-state index is 0.218. The number of hydrogen-bond acceptors (Lipinski definition) is 6. The number of fused-ring (bicyclic) bond motifs is 3. The van der Waals surface area contributed by atoms with Crippen LogP contribution in [0.15, 0.2) is 63.8 Å². The van der Waals surface area contributed by atoms with Crippen LogP contribution in [0.2, 0.25) is 0 Å². The highest BCUT2D eigenvalue weighted by atomic mass is 16.5. The second kappa shape index (κ2) is 7.15. The lowest BCUT2D eigenvalue weighted by Crippen LogP contribution is -2.10.